The zero-order valence-corrected chi connectivity index (χ0v) is 15.0. The summed E-state index contributed by atoms with van der Waals surface area (Å²) in [7, 11) is 1.67. The van der Waals surface area contributed by atoms with Crippen LogP contribution in [0.3, 0.4) is 0 Å². The van der Waals surface area contributed by atoms with Gasteiger partial charge in [0.15, 0.2) is 6.61 Å². The number of hydrogen-bond donors (Lipinski definition) is 0. The average Bonchev–Trinajstić information content (AvgIpc) is 2.66. The van der Waals surface area contributed by atoms with E-state index in [1.54, 1.807) is 11.9 Å². The molecule has 0 aromatic heterocycles. The zero-order chi connectivity index (χ0) is 20.0. The summed E-state index contributed by atoms with van der Waals surface area (Å²) in [6.07, 6.45) is 4.67. The molecule has 1 aromatic carbocycles. The molecule has 10 heteroatoms. The van der Waals surface area contributed by atoms with Gasteiger partial charge in [0, 0.05) is 24.7 Å². The SMILES string of the molecule is CN(C(=O)COC(=O)Cc1ccc([N+](=O)[O-])cc1[N+](=O)[O-])C1CCCCC1. The van der Waals surface area contributed by atoms with Crippen LogP contribution in [0.2, 0.25) is 0 Å². The second-order valence-electron chi connectivity index (χ2n) is 6.46. The highest BCUT2D eigenvalue weighted by atomic mass is 16.6. The normalized spacial score (nSPS) is 14.4. The van der Waals surface area contributed by atoms with E-state index in [1.807, 2.05) is 0 Å². The van der Waals surface area contributed by atoms with E-state index in [1.165, 1.54) is 0 Å². The summed E-state index contributed by atoms with van der Waals surface area (Å²) in [6.45, 7) is -0.438. The van der Waals surface area contributed by atoms with Crippen LogP contribution < -0.4 is 0 Å². The van der Waals surface area contributed by atoms with Gasteiger partial charge in [0.2, 0.25) is 0 Å². The first-order valence-corrected chi connectivity index (χ1v) is 8.62. The lowest BCUT2D eigenvalue weighted by Crippen LogP contribution is -2.40. The quantitative estimate of drug-likeness (QED) is 0.403. The molecule has 0 bridgehead atoms. The number of benzene rings is 1. The van der Waals surface area contributed by atoms with E-state index in [4.69, 9.17) is 4.74 Å². The van der Waals surface area contributed by atoms with Gasteiger partial charge in [-0.3, -0.25) is 29.8 Å². The molecule has 2 rings (SSSR count). The van der Waals surface area contributed by atoms with Crippen LogP contribution in [0.5, 0.6) is 0 Å². The molecule has 1 saturated carbocycles. The van der Waals surface area contributed by atoms with Crippen LogP contribution in [0.25, 0.3) is 0 Å². The maximum absolute atomic E-state index is 12.2. The topological polar surface area (TPSA) is 133 Å². The number of carbonyl (C=O) groups is 2. The molecule has 1 fully saturated rings. The number of carbonyl (C=O) groups excluding carboxylic acids is 2. The number of nitro benzene ring substituents is 2. The van der Waals surface area contributed by atoms with Crippen LogP contribution in [-0.4, -0.2) is 46.3 Å². The van der Waals surface area contributed by atoms with E-state index < -0.39 is 40.2 Å². The molecule has 0 N–H and O–H groups in total. The van der Waals surface area contributed by atoms with Gasteiger partial charge >= 0.3 is 5.97 Å². The smallest absolute Gasteiger partial charge is 0.311 e. The minimum absolute atomic E-state index is 0.0105. The van der Waals surface area contributed by atoms with Crippen LogP contribution in [0, 0.1) is 20.2 Å². The molecular formula is C17H21N3O7. The van der Waals surface area contributed by atoms with Crippen molar-refractivity contribution < 1.29 is 24.2 Å². The summed E-state index contributed by atoms with van der Waals surface area (Å²) < 4.78 is 4.95. The third-order valence-electron chi connectivity index (χ3n) is 4.68. The lowest BCUT2D eigenvalue weighted by Gasteiger charge is -2.31. The molecule has 0 unspecified atom stereocenters. The van der Waals surface area contributed by atoms with Gasteiger partial charge in [-0.2, -0.15) is 0 Å². The maximum atomic E-state index is 12.2. The molecule has 10 nitrogen and oxygen atoms in total. The predicted molar refractivity (Wildman–Crippen MR) is 94.1 cm³/mol. The third-order valence-corrected chi connectivity index (χ3v) is 4.68. The Morgan fingerprint density at radius 2 is 1.81 bits per heavy atom. The van der Waals surface area contributed by atoms with Gasteiger partial charge in [-0.05, 0) is 18.9 Å². The lowest BCUT2D eigenvalue weighted by atomic mass is 9.94. The second kappa shape index (κ2) is 9.06. The first-order chi connectivity index (χ1) is 12.8. The van der Waals surface area contributed by atoms with Gasteiger partial charge in [0.25, 0.3) is 17.3 Å². The summed E-state index contributed by atoms with van der Waals surface area (Å²) in [5, 5.41) is 21.8. The van der Waals surface area contributed by atoms with Gasteiger partial charge < -0.3 is 9.64 Å². The Kier molecular flexibility index (Phi) is 6.80. The van der Waals surface area contributed by atoms with Crippen molar-refractivity contribution in [3.63, 3.8) is 0 Å². The number of esters is 1. The molecule has 1 aliphatic carbocycles. The number of ether oxygens (including phenoxy) is 1. The van der Waals surface area contributed by atoms with Crippen molar-refractivity contribution in [2.75, 3.05) is 13.7 Å². The summed E-state index contributed by atoms with van der Waals surface area (Å²) >= 11 is 0. The summed E-state index contributed by atoms with van der Waals surface area (Å²) in [5.74, 6) is -1.13. The van der Waals surface area contributed by atoms with Gasteiger partial charge in [0.1, 0.15) is 0 Å². The number of hydrogen-bond acceptors (Lipinski definition) is 7. The van der Waals surface area contributed by atoms with E-state index in [-0.39, 0.29) is 17.5 Å². The molecule has 0 spiro atoms. The largest absolute Gasteiger partial charge is 0.455 e. The number of non-ortho nitro benzene ring substituents is 1. The minimum atomic E-state index is -0.808. The van der Waals surface area contributed by atoms with Crippen molar-refractivity contribution in [1.29, 1.82) is 0 Å². The molecular weight excluding hydrogens is 358 g/mol. The van der Waals surface area contributed by atoms with Crippen LogP contribution in [0.4, 0.5) is 11.4 Å². The Labute approximate surface area is 155 Å². The van der Waals surface area contributed by atoms with Gasteiger partial charge in [-0.15, -0.1) is 0 Å². The van der Waals surface area contributed by atoms with Crippen LogP contribution in [0.1, 0.15) is 37.7 Å². The minimum Gasteiger partial charge on any atom is -0.455 e. The Balaban J connectivity index is 1.94. The highest BCUT2D eigenvalue weighted by molar-refractivity contribution is 5.81. The fraction of sp³-hybridized carbons (Fsp3) is 0.529. The average molecular weight is 379 g/mol. The molecule has 27 heavy (non-hydrogen) atoms. The summed E-state index contributed by atoms with van der Waals surface area (Å²) in [5.41, 5.74) is -0.987. The first kappa shape index (κ1) is 20.3. The molecule has 1 aromatic rings. The number of amides is 1. The number of rotatable bonds is 7. The van der Waals surface area contributed by atoms with E-state index in [0.29, 0.717) is 0 Å². The molecule has 0 aliphatic heterocycles. The highest BCUT2D eigenvalue weighted by Gasteiger charge is 2.24. The molecule has 0 radical (unpaired) electrons. The van der Waals surface area contributed by atoms with Crippen molar-refractivity contribution in [2.45, 2.75) is 44.6 Å². The Morgan fingerprint density at radius 1 is 1.15 bits per heavy atom. The Morgan fingerprint density at radius 3 is 2.41 bits per heavy atom. The van der Waals surface area contributed by atoms with Crippen molar-refractivity contribution in [1.82, 2.24) is 4.90 Å². The fourth-order valence-electron chi connectivity index (χ4n) is 3.11. The third kappa shape index (κ3) is 5.47. The molecule has 0 atom stereocenters. The molecule has 146 valence electrons. The van der Waals surface area contributed by atoms with Crippen molar-refractivity contribution in [3.8, 4) is 0 Å². The van der Waals surface area contributed by atoms with E-state index in [0.717, 1.165) is 50.3 Å². The number of nitrogens with zero attached hydrogens (tertiary/aromatic N) is 3. The van der Waals surface area contributed by atoms with Gasteiger partial charge in [0.05, 0.1) is 22.3 Å². The van der Waals surface area contributed by atoms with Crippen molar-refractivity contribution >= 4 is 23.3 Å². The standard InChI is InChI=1S/C17H21N3O7/c1-18(13-5-3-2-4-6-13)16(21)11-27-17(22)9-12-7-8-14(19(23)24)10-15(12)20(25)26/h7-8,10,13H,2-6,9,11H2,1H3. The van der Waals surface area contributed by atoms with Crippen LogP contribution in [-0.2, 0) is 20.7 Å². The van der Waals surface area contributed by atoms with Gasteiger partial charge in [-0.1, -0.05) is 19.3 Å². The summed E-state index contributed by atoms with van der Waals surface area (Å²) in [6, 6.07) is 3.16. The Bertz CT molecular complexity index is 744. The van der Waals surface area contributed by atoms with E-state index >= 15 is 0 Å². The van der Waals surface area contributed by atoms with Crippen LogP contribution in [0.15, 0.2) is 18.2 Å². The van der Waals surface area contributed by atoms with Crippen LogP contribution >= 0.6 is 0 Å². The monoisotopic (exact) mass is 379 g/mol. The van der Waals surface area contributed by atoms with E-state index in [2.05, 4.69) is 0 Å². The van der Waals surface area contributed by atoms with Gasteiger partial charge in [-0.25, -0.2) is 0 Å². The molecule has 1 amide bonds. The fourth-order valence-corrected chi connectivity index (χ4v) is 3.11. The van der Waals surface area contributed by atoms with Crippen molar-refractivity contribution in [3.05, 3.63) is 44.0 Å². The van der Waals surface area contributed by atoms with E-state index in [9.17, 15) is 29.8 Å². The second-order valence-corrected chi connectivity index (χ2v) is 6.46. The number of nitro groups is 2. The molecule has 0 saturated heterocycles. The molecule has 1 aliphatic rings. The predicted octanol–water partition coefficient (Wildman–Crippen LogP) is 2.38. The first-order valence-electron chi connectivity index (χ1n) is 8.62. The lowest BCUT2D eigenvalue weighted by molar-refractivity contribution is -0.394. The van der Waals surface area contributed by atoms with Crippen molar-refractivity contribution in [2.24, 2.45) is 0 Å². The Hall–Kier alpha value is -3.04. The number of likely N-dealkylation sites (N-methyl/N-ethyl adjacent to an activating group) is 1. The summed E-state index contributed by atoms with van der Waals surface area (Å²) in [4.78, 5) is 46.0. The maximum Gasteiger partial charge on any atom is 0.311 e. The highest BCUT2D eigenvalue weighted by Crippen LogP contribution is 2.25. The zero-order valence-electron chi connectivity index (χ0n) is 15.0. The molecule has 0 heterocycles.